The molecule has 2 aromatic carbocycles. The molecule has 0 aliphatic carbocycles. The van der Waals surface area contributed by atoms with Gasteiger partial charge >= 0.3 is 0 Å². The largest absolute Gasteiger partial charge is 0.482 e. The Labute approximate surface area is 162 Å². The van der Waals surface area contributed by atoms with Crippen molar-refractivity contribution in [3.05, 3.63) is 82.9 Å². The Morgan fingerprint density at radius 2 is 2.11 bits per heavy atom. The van der Waals surface area contributed by atoms with Crippen molar-refractivity contribution < 1.29 is 9.53 Å². The van der Waals surface area contributed by atoms with E-state index < -0.39 is 6.04 Å². The summed E-state index contributed by atoms with van der Waals surface area (Å²) >= 11 is 6.07. The number of halogens is 1. The minimum absolute atomic E-state index is 0.209. The highest BCUT2D eigenvalue weighted by Gasteiger charge is 2.21. The monoisotopic (exact) mass is 380 g/mol. The summed E-state index contributed by atoms with van der Waals surface area (Å²) < 4.78 is 7.36. The number of hydrogen-bond acceptors (Lipinski definition) is 4. The van der Waals surface area contributed by atoms with Gasteiger partial charge in [-0.15, -0.1) is 0 Å². The molecular formula is C20H17ClN4O2. The molecule has 6 nitrogen and oxygen atoms in total. The molecule has 7 heteroatoms. The zero-order valence-corrected chi connectivity index (χ0v) is 15.3. The quantitative estimate of drug-likeness (QED) is 0.712. The number of nitrogens with zero attached hydrogens (tertiary/aromatic N) is 3. The molecule has 1 amide bonds. The molecular weight excluding hydrogens is 364 g/mol. The maximum Gasteiger partial charge on any atom is 0.258 e. The predicted octanol–water partition coefficient (Wildman–Crippen LogP) is 3.23. The highest BCUT2D eigenvalue weighted by Crippen LogP contribution is 2.25. The van der Waals surface area contributed by atoms with Gasteiger partial charge in [-0.05, 0) is 23.8 Å². The number of aryl methyl sites for hydroxylation is 1. The highest BCUT2D eigenvalue weighted by atomic mass is 35.5. The van der Waals surface area contributed by atoms with Crippen LogP contribution in [0.5, 0.6) is 5.75 Å². The van der Waals surface area contributed by atoms with Gasteiger partial charge in [0.25, 0.3) is 5.91 Å². The fourth-order valence-electron chi connectivity index (χ4n) is 2.63. The Hall–Kier alpha value is -3.30. The summed E-state index contributed by atoms with van der Waals surface area (Å²) in [5.41, 5.74) is 1.34. The summed E-state index contributed by atoms with van der Waals surface area (Å²) in [4.78, 5) is 16.8. The van der Waals surface area contributed by atoms with Crippen LogP contribution < -0.4 is 10.1 Å². The van der Waals surface area contributed by atoms with Crippen LogP contribution in [0.15, 0.2) is 60.9 Å². The molecule has 27 heavy (non-hydrogen) atoms. The van der Waals surface area contributed by atoms with E-state index in [0.29, 0.717) is 17.1 Å². The van der Waals surface area contributed by atoms with Crippen LogP contribution in [-0.4, -0.2) is 22.1 Å². The third kappa shape index (κ3) is 4.46. The summed E-state index contributed by atoms with van der Waals surface area (Å²) in [5.74, 6) is 0.748. The first kappa shape index (κ1) is 18.5. The van der Waals surface area contributed by atoms with Crippen LogP contribution in [0.3, 0.4) is 0 Å². The van der Waals surface area contributed by atoms with Crippen molar-refractivity contribution in [3.8, 4) is 11.8 Å². The maximum atomic E-state index is 12.5. The summed E-state index contributed by atoms with van der Waals surface area (Å²) in [6.45, 7) is -0.209. The van der Waals surface area contributed by atoms with Gasteiger partial charge in [0.1, 0.15) is 17.6 Å². The first-order chi connectivity index (χ1) is 13.1. The Bertz CT molecular complexity index is 979. The normalized spacial score (nSPS) is 11.4. The second-order valence-corrected chi connectivity index (χ2v) is 6.26. The number of benzene rings is 2. The second-order valence-electron chi connectivity index (χ2n) is 5.85. The topological polar surface area (TPSA) is 79.9 Å². The summed E-state index contributed by atoms with van der Waals surface area (Å²) in [7, 11) is 1.87. The van der Waals surface area contributed by atoms with E-state index in [1.54, 1.807) is 18.3 Å². The van der Waals surface area contributed by atoms with Crippen LogP contribution in [-0.2, 0) is 11.8 Å². The molecule has 3 rings (SSSR count). The Balaban J connectivity index is 1.72. The molecule has 0 saturated heterocycles. The lowest BCUT2D eigenvalue weighted by molar-refractivity contribution is -0.123. The fourth-order valence-corrected chi connectivity index (χ4v) is 2.87. The fraction of sp³-hybridized carbons (Fsp3) is 0.150. The average molecular weight is 381 g/mol. The smallest absolute Gasteiger partial charge is 0.258 e. The number of nitriles is 1. The highest BCUT2D eigenvalue weighted by molar-refractivity contribution is 6.32. The molecule has 1 heterocycles. The molecule has 0 unspecified atom stereocenters. The van der Waals surface area contributed by atoms with Gasteiger partial charge in [-0.3, -0.25) is 4.79 Å². The van der Waals surface area contributed by atoms with Crippen LogP contribution in [0.4, 0.5) is 0 Å². The lowest BCUT2D eigenvalue weighted by Gasteiger charge is -2.19. The van der Waals surface area contributed by atoms with E-state index in [9.17, 15) is 4.79 Å². The van der Waals surface area contributed by atoms with Crippen LogP contribution in [0, 0.1) is 11.3 Å². The van der Waals surface area contributed by atoms with Crippen LogP contribution in [0.1, 0.15) is 23.0 Å². The summed E-state index contributed by atoms with van der Waals surface area (Å²) in [6, 6.07) is 15.8. The number of hydrogen-bond donors (Lipinski definition) is 1. The van der Waals surface area contributed by atoms with Gasteiger partial charge in [-0.2, -0.15) is 5.26 Å². The minimum Gasteiger partial charge on any atom is -0.482 e. The van der Waals surface area contributed by atoms with Crippen LogP contribution in [0.2, 0.25) is 5.02 Å². The number of amides is 1. The van der Waals surface area contributed by atoms with Gasteiger partial charge in [0.15, 0.2) is 6.61 Å². The molecule has 0 fully saturated rings. The van der Waals surface area contributed by atoms with E-state index >= 15 is 0 Å². The minimum atomic E-state index is -0.404. The van der Waals surface area contributed by atoms with Crippen LogP contribution in [0.25, 0.3) is 0 Å². The van der Waals surface area contributed by atoms with Gasteiger partial charge in [0.05, 0.1) is 16.7 Å². The SMILES string of the molecule is Cn1ccnc1[C@H](NC(=O)COc1ccc(C#N)cc1Cl)c1ccccc1. The van der Waals surface area contributed by atoms with Crippen molar-refractivity contribution in [1.82, 2.24) is 14.9 Å². The van der Waals surface area contributed by atoms with Crippen LogP contribution >= 0.6 is 11.6 Å². The first-order valence-corrected chi connectivity index (χ1v) is 8.60. The molecule has 3 aromatic rings. The third-order valence-corrected chi connectivity index (χ3v) is 4.27. The Morgan fingerprint density at radius 1 is 1.33 bits per heavy atom. The van der Waals surface area contributed by atoms with E-state index in [1.165, 1.54) is 6.07 Å². The van der Waals surface area contributed by atoms with Crippen molar-refractivity contribution in [2.24, 2.45) is 7.05 Å². The second kappa shape index (κ2) is 8.39. The predicted molar refractivity (Wildman–Crippen MR) is 101 cm³/mol. The van der Waals surface area contributed by atoms with E-state index in [1.807, 2.05) is 54.2 Å². The van der Waals surface area contributed by atoms with E-state index in [0.717, 1.165) is 5.56 Å². The zero-order chi connectivity index (χ0) is 19.2. The Kier molecular flexibility index (Phi) is 5.74. The zero-order valence-electron chi connectivity index (χ0n) is 14.6. The average Bonchev–Trinajstić information content (AvgIpc) is 3.11. The van der Waals surface area contributed by atoms with E-state index in [4.69, 9.17) is 21.6 Å². The number of aromatic nitrogens is 2. The standard InChI is InChI=1S/C20H17ClN4O2/c1-25-10-9-23-20(25)19(15-5-3-2-4-6-15)24-18(26)13-27-17-8-7-14(12-22)11-16(17)21/h2-11,19H,13H2,1H3,(H,24,26)/t19-/m1/s1. The molecule has 0 saturated carbocycles. The van der Waals surface area contributed by atoms with Crippen molar-refractivity contribution >= 4 is 17.5 Å². The maximum absolute atomic E-state index is 12.5. The van der Waals surface area contributed by atoms with Crippen molar-refractivity contribution in [1.29, 1.82) is 5.26 Å². The van der Waals surface area contributed by atoms with E-state index in [-0.39, 0.29) is 17.5 Å². The van der Waals surface area contributed by atoms with Gasteiger partial charge in [0, 0.05) is 19.4 Å². The lowest BCUT2D eigenvalue weighted by atomic mass is 10.1. The Morgan fingerprint density at radius 3 is 2.74 bits per heavy atom. The molecule has 136 valence electrons. The van der Waals surface area contributed by atoms with Gasteiger partial charge in [-0.25, -0.2) is 4.98 Å². The molecule has 1 aromatic heterocycles. The molecule has 0 aliphatic rings. The molecule has 0 aliphatic heterocycles. The number of imidazole rings is 1. The molecule has 0 bridgehead atoms. The molecule has 1 atom stereocenters. The van der Waals surface area contributed by atoms with Crippen molar-refractivity contribution in [2.45, 2.75) is 6.04 Å². The third-order valence-electron chi connectivity index (χ3n) is 3.97. The van der Waals surface area contributed by atoms with Gasteiger partial charge < -0.3 is 14.6 Å². The number of rotatable bonds is 6. The van der Waals surface area contributed by atoms with Gasteiger partial charge in [-0.1, -0.05) is 41.9 Å². The number of ether oxygens (including phenoxy) is 1. The molecule has 0 spiro atoms. The number of carbonyl (C=O) groups excluding carboxylic acids is 1. The van der Waals surface area contributed by atoms with E-state index in [2.05, 4.69) is 10.3 Å². The molecule has 0 radical (unpaired) electrons. The lowest BCUT2D eigenvalue weighted by Crippen LogP contribution is -2.34. The first-order valence-electron chi connectivity index (χ1n) is 8.22. The van der Waals surface area contributed by atoms with Gasteiger partial charge in [0.2, 0.25) is 0 Å². The molecule has 1 N–H and O–H groups in total. The number of nitrogens with one attached hydrogen (secondary N) is 1. The number of carbonyl (C=O) groups is 1. The van der Waals surface area contributed by atoms with Crippen molar-refractivity contribution in [2.75, 3.05) is 6.61 Å². The summed E-state index contributed by atoms with van der Waals surface area (Å²) in [5, 5.41) is 12.1. The van der Waals surface area contributed by atoms with Crippen molar-refractivity contribution in [3.63, 3.8) is 0 Å². The summed E-state index contributed by atoms with van der Waals surface area (Å²) in [6.07, 6.45) is 3.51.